The smallest absolute Gasteiger partial charge is 0.316 e. The zero-order valence-corrected chi connectivity index (χ0v) is 14.6. The van der Waals surface area contributed by atoms with Crippen molar-refractivity contribution in [2.24, 2.45) is 11.5 Å². The standard InChI is InChI=1S/C18H16FN5O4/c1-28-15-6-9(2-5-14(15)25)11-4-3-10(7-12(11)19)24-8-13(22-18(21)27)16(23-24)17(20)26/h2-8,25H,1H3,(H2,20,26)(H3,21,22,27). The van der Waals surface area contributed by atoms with E-state index in [1.807, 2.05) is 0 Å². The second-order valence-electron chi connectivity index (χ2n) is 5.74. The zero-order valence-electron chi connectivity index (χ0n) is 14.6. The SMILES string of the molecule is COc1cc(-c2ccc(-n3cc(NC(N)=O)c(C(N)=O)n3)cc2F)ccc1O. The lowest BCUT2D eigenvalue weighted by Crippen LogP contribution is -2.22. The predicted molar refractivity (Wildman–Crippen MR) is 98.9 cm³/mol. The number of aromatic hydroxyl groups is 1. The molecule has 0 atom stereocenters. The molecule has 10 heteroatoms. The molecule has 0 saturated heterocycles. The van der Waals surface area contributed by atoms with Crippen LogP contribution in [-0.2, 0) is 0 Å². The molecule has 28 heavy (non-hydrogen) atoms. The second kappa shape index (κ2) is 7.27. The molecule has 3 aromatic rings. The topological polar surface area (TPSA) is 145 Å². The molecular formula is C18H16FN5O4. The maximum atomic E-state index is 14.7. The summed E-state index contributed by atoms with van der Waals surface area (Å²) in [6, 6.07) is 7.80. The maximum absolute atomic E-state index is 14.7. The molecular weight excluding hydrogens is 369 g/mol. The van der Waals surface area contributed by atoms with Crippen LogP contribution in [0.3, 0.4) is 0 Å². The molecule has 0 radical (unpaired) electrons. The fourth-order valence-corrected chi connectivity index (χ4v) is 2.64. The molecule has 0 fully saturated rings. The van der Waals surface area contributed by atoms with Crippen molar-refractivity contribution in [1.82, 2.24) is 9.78 Å². The number of phenolic OH excluding ortho intramolecular Hbond substituents is 1. The second-order valence-corrected chi connectivity index (χ2v) is 5.74. The molecule has 2 aromatic carbocycles. The minimum Gasteiger partial charge on any atom is -0.504 e. The molecule has 0 spiro atoms. The lowest BCUT2D eigenvalue weighted by Gasteiger charge is -2.09. The average molecular weight is 385 g/mol. The van der Waals surface area contributed by atoms with Crippen LogP contribution in [0.25, 0.3) is 16.8 Å². The number of phenols is 1. The highest BCUT2D eigenvalue weighted by Crippen LogP contribution is 2.33. The number of nitrogens with two attached hydrogens (primary N) is 2. The molecule has 0 unspecified atom stereocenters. The number of nitrogens with one attached hydrogen (secondary N) is 1. The summed E-state index contributed by atoms with van der Waals surface area (Å²) in [5.41, 5.74) is 11.1. The van der Waals surface area contributed by atoms with E-state index in [2.05, 4.69) is 10.4 Å². The van der Waals surface area contributed by atoms with Crippen LogP contribution in [0, 0.1) is 5.82 Å². The van der Waals surface area contributed by atoms with Gasteiger partial charge in [0.05, 0.1) is 24.7 Å². The van der Waals surface area contributed by atoms with Crippen molar-refractivity contribution in [2.75, 3.05) is 12.4 Å². The molecule has 1 aromatic heterocycles. The number of primary amides is 2. The number of benzene rings is 2. The summed E-state index contributed by atoms with van der Waals surface area (Å²) in [5, 5.41) is 15.9. The highest BCUT2D eigenvalue weighted by atomic mass is 19.1. The van der Waals surface area contributed by atoms with Gasteiger partial charge in [-0.3, -0.25) is 4.79 Å². The van der Waals surface area contributed by atoms with Crippen molar-refractivity contribution in [1.29, 1.82) is 0 Å². The van der Waals surface area contributed by atoms with Gasteiger partial charge in [0, 0.05) is 11.6 Å². The number of ether oxygens (including phenoxy) is 1. The number of nitrogens with zero attached hydrogens (tertiary/aromatic N) is 2. The van der Waals surface area contributed by atoms with Gasteiger partial charge in [-0.25, -0.2) is 13.9 Å². The molecule has 6 N–H and O–H groups in total. The van der Waals surface area contributed by atoms with E-state index in [9.17, 15) is 19.1 Å². The van der Waals surface area contributed by atoms with E-state index in [-0.39, 0.29) is 34.1 Å². The van der Waals surface area contributed by atoms with E-state index in [0.717, 1.165) is 0 Å². The Kier molecular flexibility index (Phi) is 4.86. The highest BCUT2D eigenvalue weighted by molar-refractivity contribution is 6.00. The lowest BCUT2D eigenvalue weighted by molar-refractivity contribution is 0.0996. The zero-order chi connectivity index (χ0) is 20.4. The van der Waals surface area contributed by atoms with Gasteiger partial charge in [-0.1, -0.05) is 6.07 Å². The largest absolute Gasteiger partial charge is 0.504 e. The van der Waals surface area contributed by atoms with E-state index >= 15 is 0 Å². The third-order valence-electron chi connectivity index (χ3n) is 3.91. The first-order valence-electron chi connectivity index (χ1n) is 7.93. The molecule has 3 rings (SSSR count). The normalized spacial score (nSPS) is 10.5. The number of halogens is 1. The fourth-order valence-electron chi connectivity index (χ4n) is 2.64. The Balaban J connectivity index is 2.01. The molecule has 0 saturated carbocycles. The lowest BCUT2D eigenvalue weighted by atomic mass is 10.0. The van der Waals surface area contributed by atoms with Gasteiger partial charge in [0.25, 0.3) is 5.91 Å². The van der Waals surface area contributed by atoms with Crippen molar-refractivity contribution < 1.29 is 23.8 Å². The summed E-state index contributed by atoms with van der Waals surface area (Å²) in [4.78, 5) is 22.5. The van der Waals surface area contributed by atoms with Crippen molar-refractivity contribution in [3.05, 3.63) is 54.1 Å². The molecule has 0 bridgehead atoms. The van der Waals surface area contributed by atoms with E-state index in [1.165, 1.54) is 42.3 Å². The minimum atomic E-state index is -0.898. The van der Waals surface area contributed by atoms with Crippen LogP contribution in [0.1, 0.15) is 10.5 Å². The number of anilines is 1. The Bertz CT molecular complexity index is 1080. The first kappa shape index (κ1) is 18.7. The highest BCUT2D eigenvalue weighted by Gasteiger charge is 2.17. The van der Waals surface area contributed by atoms with Gasteiger partial charge in [-0.15, -0.1) is 0 Å². The van der Waals surface area contributed by atoms with Gasteiger partial charge < -0.3 is 26.6 Å². The Hall–Kier alpha value is -4.08. The third-order valence-corrected chi connectivity index (χ3v) is 3.91. The first-order chi connectivity index (χ1) is 13.3. The van der Waals surface area contributed by atoms with Gasteiger partial charge >= 0.3 is 6.03 Å². The number of rotatable bonds is 5. The molecule has 9 nitrogen and oxygen atoms in total. The van der Waals surface area contributed by atoms with Gasteiger partial charge in [0.1, 0.15) is 5.82 Å². The Morgan fingerprint density at radius 1 is 1.21 bits per heavy atom. The van der Waals surface area contributed by atoms with E-state index in [0.29, 0.717) is 5.56 Å². The van der Waals surface area contributed by atoms with Crippen molar-refractivity contribution in [3.63, 3.8) is 0 Å². The number of methoxy groups -OCH3 is 1. The quantitative estimate of drug-likeness (QED) is 0.530. The van der Waals surface area contributed by atoms with Crippen LogP contribution in [-0.4, -0.2) is 33.9 Å². The average Bonchev–Trinajstić information content (AvgIpc) is 3.05. The number of urea groups is 1. The molecule has 0 aliphatic carbocycles. The summed E-state index contributed by atoms with van der Waals surface area (Å²) in [6.07, 6.45) is 1.29. The van der Waals surface area contributed by atoms with Crippen molar-refractivity contribution in [3.8, 4) is 28.3 Å². The summed E-state index contributed by atoms with van der Waals surface area (Å²) in [7, 11) is 1.39. The monoisotopic (exact) mass is 385 g/mol. The Morgan fingerprint density at radius 3 is 2.57 bits per heavy atom. The van der Waals surface area contributed by atoms with Crippen LogP contribution in [0.4, 0.5) is 14.9 Å². The molecule has 3 amide bonds. The van der Waals surface area contributed by atoms with Gasteiger partial charge in [-0.2, -0.15) is 5.10 Å². The number of aromatic nitrogens is 2. The van der Waals surface area contributed by atoms with Crippen molar-refractivity contribution in [2.45, 2.75) is 0 Å². The Labute approximate surface area is 158 Å². The molecule has 144 valence electrons. The molecule has 1 heterocycles. The summed E-state index contributed by atoms with van der Waals surface area (Å²) >= 11 is 0. The number of carbonyl (C=O) groups is 2. The van der Waals surface area contributed by atoms with Crippen LogP contribution in [0.15, 0.2) is 42.6 Å². The van der Waals surface area contributed by atoms with Gasteiger partial charge in [0.2, 0.25) is 0 Å². The van der Waals surface area contributed by atoms with Gasteiger partial charge in [0.15, 0.2) is 17.2 Å². The maximum Gasteiger partial charge on any atom is 0.316 e. The summed E-state index contributed by atoms with van der Waals surface area (Å²) < 4.78 is 20.9. The van der Waals surface area contributed by atoms with Crippen LogP contribution >= 0.6 is 0 Å². The Morgan fingerprint density at radius 2 is 1.96 bits per heavy atom. The molecule has 0 aliphatic heterocycles. The van der Waals surface area contributed by atoms with Crippen LogP contribution in [0.2, 0.25) is 0 Å². The summed E-state index contributed by atoms with van der Waals surface area (Å²) in [6.45, 7) is 0. The van der Waals surface area contributed by atoms with E-state index < -0.39 is 17.8 Å². The predicted octanol–water partition coefficient (Wildman–Crippen LogP) is 1.98. The van der Waals surface area contributed by atoms with Crippen molar-refractivity contribution >= 4 is 17.6 Å². The van der Waals surface area contributed by atoms with E-state index in [1.54, 1.807) is 12.1 Å². The number of hydrogen-bond acceptors (Lipinski definition) is 5. The van der Waals surface area contributed by atoms with Crippen LogP contribution < -0.4 is 21.5 Å². The van der Waals surface area contributed by atoms with E-state index in [4.69, 9.17) is 16.2 Å². The van der Waals surface area contributed by atoms with Crippen LogP contribution in [0.5, 0.6) is 11.5 Å². The third kappa shape index (κ3) is 3.56. The number of carbonyl (C=O) groups excluding carboxylic acids is 2. The summed E-state index contributed by atoms with van der Waals surface area (Å²) in [5.74, 6) is -1.31. The number of amides is 3. The molecule has 0 aliphatic rings. The first-order valence-corrected chi connectivity index (χ1v) is 7.93. The van der Waals surface area contributed by atoms with Gasteiger partial charge in [-0.05, 0) is 29.8 Å². The number of hydrogen-bond donors (Lipinski definition) is 4. The minimum absolute atomic E-state index is 0.00718. The fraction of sp³-hybridized carbons (Fsp3) is 0.0556.